The van der Waals surface area contributed by atoms with Crippen molar-refractivity contribution in [1.29, 1.82) is 0 Å². The van der Waals surface area contributed by atoms with Crippen LogP contribution in [0.25, 0.3) is 0 Å². The molecule has 145 valence electrons. The minimum atomic E-state index is 0. The fourth-order valence-corrected chi connectivity index (χ4v) is 1.58. The van der Waals surface area contributed by atoms with Crippen LogP contribution in [-0.2, 0) is 32.7 Å². The Bertz CT molecular complexity index is 61.7. The molecule has 0 N–H and O–H groups in total. The third-order valence-electron chi connectivity index (χ3n) is 0.781. The Kier molecular flexibility index (Phi) is 238. The molecule has 22 heavy (non-hydrogen) atoms. The van der Waals surface area contributed by atoms with Crippen molar-refractivity contribution in [2.75, 3.05) is 23.5 Å². The predicted octanol–water partition coefficient (Wildman–Crippen LogP) is 8.54. The van der Waals surface area contributed by atoms with Gasteiger partial charge < -0.3 is 27.7 Å². The zero-order chi connectivity index (χ0) is 14.4. The summed E-state index contributed by atoms with van der Waals surface area (Å²) in [5, 5.41) is 0. The molecule has 0 unspecified atom stereocenters. The molecule has 0 bridgehead atoms. The Morgan fingerprint density at radius 1 is 0.682 bits per heavy atom. The number of hydrogen-bond donors (Lipinski definition) is 0. The number of hydrogen-bond acceptors (Lipinski definition) is 2. The van der Waals surface area contributed by atoms with Crippen LogP contribution in [0.5, 0.6) is 0 Å². The summed E-state index contributed by atoms with van der Waals surface area (Å²) in [5.74, 6) is 3.60. The van der Waals surface area contributed by atoms with E-state index in [-0.39, 0.29) is 62.4 Å². The zero-order valence-corrected chi connectivity index (χ0v) is 17.6. The van der Waals surface area contributed by atoms with Crippen molar-refractivity contribution < 1.29 is 32.7 Å². The number of thioether (sulfide) groups is 2. The van der Waals surface area contributed by atoms with E-state index in [1.807, 2.05) is 44.3 Å². The van der Waals surface area contributed by atoms with E-state index >= 15 is 0 Å². The van der Waals surface area contributed by atoms with E-state index in [4.69, 9.17) is 0 Å². The van der Waals surface area contributed by atoms with E-state index < -0.39 is 0 Å². The summed E-state index contributed by atoms with van der Waals surface area (Å²) in [6.07, 6.45) is 6.48. The molecule has 0 aromatic carbocycles. The molecule has 0 aliphatic rings. The van der Waals surface area contributed by atoms with Gasteiger partial charge in [0, 0.05) is 32.7 Å². The van der Waals surface area contributed by atoms with Gasteiger partial charge in [-0.3, -0.25) is 0 Å². The molecule has 0 aliphatic carbocycles. The van der Waals surface area contributed by atoms with E-state index in [1.54, 1.807) is 0 Å². The average molecular weight is 432 g/mol. The Balaban J connectivity index is -0.0000000152. The van der Waals surface area contributed by atoms with Gasteiger partial charge in [-0.15, -0.1) is 5.75 Å². The Morgan fingerprint density at radius 3 is 1.14 bits per heavy atom. The van der Waals surface area contributed by atoms with Crippen LogP contribution in [0.15, 0.2) is 0 Å². The molecule has 1 radical (unpaired) electrons. The Hall–Kier alpha value is 1.80. The molecule has 0 nitrogen and oxygen atoms in total. The molecule has 0 spiro atoms. The van der Waals surface area contributed by atoms with Gasteiger partial charge in [-0.2, -0.15) is 42.8 Å². The summed E-state index contributed by atoms with van der Waals surface area (Å²) >= 11 is 3.84. The smallest absolute Gasteiger partial charge is 0 e. The van der Waals surface area contributed by atoms with E-state index in [1.165, 1.54) is 17.9 Å². The first-order valence-electron chi connectivity index (χ1n) is 6.40. The second kappa shape index (κ2) is 92.9. The fourth-order valence-electron chi connectivity index (χ4n) is 0.407. The molecule has 0 aromatic heterocycles. The van der Waals surface area contributed by atoms with Gasteiger partial charge in [0.1, 0.15) is 0 Å². The Labute approximate surface area is 182 Å². The molecule has 0 aromatic rings. The average Bonchev–Trinajstić information content (AvgIpc) is 2.28. The third-order valence-corrected chi connectivity index (χ3v) is 2.34. The molecule has 0 rings (SSSR count). The van der Waals surface area contributed by atoms with Crippen molar-refractivity contribution in [3.8, 4) is 0 Å². The van der Waals surface area contributed by atoms with Crippen LogP contribution >= 0.6 is 23.5 Å². The van der Waals surface area contributed by atoms with Crippen LogP contribution in [0, 0.1) is 27.7 Å². The van der Waals surface area contributed by atoms with Gasteiger partial charge in [-0.25, -0.2) is 0 Å². The summed E-state index contributed by atoms with van der Waals surface area (Å²) < 4.78 is 0. The van der Waals surface area contributed by atoms with Crippen molar-refractivity contribution >= 4 is 23.5 Å². The minimum Gasteiger partial charge on any atom is -0.344 e. The van der Waals surface area contributed by atoms with E-state index in [9.17, 15) is 0 Å². The van der Waals surface area contributed by atoms with Gasteiger partial charge in [0.15, 0.2) is 0 Å². The van der Waals surface area contributed by atoms with E-state index in [2.05, 4.69) is 34.0 Å². The van der Waals surface area contributed by atoms with Crippen molar-refractivity contribution in [3.63, 3.8) is 0 Å². The first-order chi connectivity index (χ1) is 8.16. The predicted molar refractivity (Wildman–Crippen MR) is 120 cm³/mol. The molecule has 0 heterocycles. The van der Waals surface area contributed by atoms with Crippen LogP contribution in [0.2, 0.25) is 0 Å². The molecular weight excluding hydrogens is 381 g/mol. The number of rotatable bonds is 5. The second-order valence-corrected chi connectivity index (χ2v) is 5.17. The minimum absolute atomic E-state index is 0. The van der Waals surface area contributed by atoms with E-state index in [0.29, 0.717) is 0 Å². The second-order valence-electron chi connectivity index (χ2n) is 2.96. The SMILES string of the molecule is C.C.C.C.[CH2-]CC.[CH2-]CC.[CH2-]CC.[CH2-]CSCCCSC.[Y]. The van der Waals surface area contributed by atoms with Crippen molar-refractivity contribution in [2.24, 2.45) is 0 Å². The zero-order valence-electron chi connectivity index (χ0n) is 13.2. The van der Waals surface area contributed by atoms with Crippen LogP contribution in [0.1, 0.15) is 76.2 Å². The van der Waals surface area contributed by atoms with Crippen LogP contribution in [0.4, 0.5) is 0 Å². The molecule has 0 fully saturated rings. The van der Waals surface area contributed by atoms with Gasteiger partial charge in [0.25, 0.3) is 0 Å². The normalized spacial score (nSPS) is 6.00. The van der Waals surface area contributed by atoms with Crippen LogP contribution in [0.3, 0.4) is 0 Å². The maximum absolute atomic E-state index is 3.74. The molecular formula is C19H50S2Y-4. The van der Waals surface area contributed by atoms with Gasteiger partial charge in [-0.1, -0.05) is 50.5 Å². The van der Waals surface area contributed by atoms with Crippen LogP contribution in [-0.4, -0.2) is 23.5 Å². The topological polar surface area (TPSA) is 0 Å². The first kappa shape index (κ1) is 56.5. The Morgan fingerprint density at radius 2 is 0.955 bits per heavy atom. The standard InChI is InChI=1S/C6H13S2.3C3H7.4CH4.Y/c1-3-8-6-4-5-7-2;3*1-3-2;;;;;/h1,3-6H2,2H3;3*1,3H2,2H3;4*1H4;/q4*-1;;;;;. The van der Waals surface area contributed by atoms with E-state index in [0.717, 1.165) is 25.0 Å². The molecule has 0 amide bonds. The summed E-state index contributed by atoms with van der Waals surface area (Å²) in [6, 6.07) is 0. The maximum Gasteiger partial charge on any atom is 0 e. The monoisotopic (exact) mass is 431 g/mol. The quantitative estimate of drug-likeness (QED) is 0.316. The van der Waals surface area contributed by atoms with Crippen molar-refractivity contribution in [3.05, 3.63) is 27.7 Å². The molecule has 0 aliphatic heterocycles. The van der Waals surface area contributed by atoms with Gasteiger partial charge >= 0.3 is 0 Å². The largest absolute Gasteiger partial charge is 0.344 e. The summed E-state index contributed by atoms with van der Waals surface area (Å²) in [7, 11) is 0. The fraction of sp³-hybridized carbons (Fsp3) is 0.789. The molecule has 0 saturated heterocycles. The first-order valence-corrected chi connectivity index (χ1v) is 8.94. The summed E-state index contributed by atoms with van der Waals surface area (Å²) in [6.45, 7) is 20.2. The molecule has 3 heteroatoms. The van der Waals surface area contributed by atoms with Gasteiger partial charge in [-0.05, 0) is 24.2 Å². The van der Waals surface area contributed by atoms with Crippen molar-refractivity contribution in [1.82, 2.24) is 0 Å². The molecule has 0 saturated carbocycles. The van der Waals surface area contributed by atoms with Crippen molar-refractivity contribution in [2.45, 2.75) is 76.2 Å². The summed E-state index contributed by atoms with van der Waals surface area (Å²) in [5.41, 5.74) is 0. The van der Waals surface area contributed by atoms with Crippen LogP contribution < -0.4 is 0 Å². The summed E-state index contributed by atoms with van der Waals surface area (Å²) in [4.78, 5) is 0. The molecule has 0 atom stereocenters. The van der Waals surface area contributed by atoms with Gasteiger partial charge in [0.2, 0.25) is 0 Å². The third kappa shape index (κ3) is 204. The maximum atomic E-state index is 3.74. The van der Waals surface area contributed by atoms with Gasteiger partial charge in [0.05, 0.1) is 0 Å².